The van der Waals surface area contributed by atoms with Crippen molar-refractivity contribution in [3.8, 4) is 0 Å². The summed E-state index contributed by atoms with van der Waals surface area (Å²) in [7, 11) is 0. The summed E-state index contributed by atoms with van der Waals surface area (Å²) < 4.78 is 5.89. The van der Waals surface area contributed by atoms with Crippen LogP contribution in [0.2, 0.25) is 0 Å². The van der Waals surface area contributed by atoms with Crippen molar-refractivity contribution in [2.45, 2.75) is 52.1 Å². The molecule has 3 aliphatic rings. The number of benzene rings is 1. The fourth-order valence-corrected chi connectivity index (χ4v) is 7.15. The van der Waals surface area contributed by atoms with Gasteiger partial charge in [-0.15, -0.1) is 11.3 Å². The Morgan fingerprint density at radius 3 is 2.76 bits per heavy atom. The van der Waals surface area contributed by atoms with Gasteiger partial charge in [-0.1, -0.05) is 39.0 Å². The van der Waals surface area contributed by atoms with Gasteiger partial charge in [0.2, 0.25) is 0 Å². The lowest BCUT2D eigenvalue weighted by Crippen LogP contribution is -2.50. The number of esters is 1. The van der Waals surface area contributed by atoms with E-state index in [1.54, 1.807) is 23.5 Å². The quantitative estimate of drug-likeness (QED) is 0.732. The highest BCUT2D eigenvalue weighted by Crippen LogP contribution is 2.59. The molecule has 2 heterocycles. The first-order valence-corrected chi connectivity index (χ1v) is 11.3. The summed E-state index contributed by atoms with van der Waals surface area (Å²) in [6.07, 6.45) is 3.07. The molecule has 1 amide bonds. The number of carbonyl (C=O) groups is 2. The van der Waals surface area contributed by atoms with Crippen molar-refractivity contribution in [2.75, 3.05) is 5.32 Å². The average molecular weight is 411 g/mol. The van der Waals surface area contributed by atoms with E-state index in [4.69, 9.17) is 9.72 Å². The van der Waals surface area contributed by atoms with Gasteiger partial charge in [-0.05, 0) is 36.8 Å². The van der Waals surface area contributed by atoms with Crippen LogP contribution in [0.25, 0.3) is 0 Å². The Kier molecular flexibility index (Phi) is 4.32. The molecule has 2 fully saturated rings. The molecular formula is C23H26N2O3S. The number of aromatic nitrogens is 1. The third kappa shape index (κ3) is 2.91. The molecule has 29 heavy (non-hydrogen) atoms. The van der Waals surface area contributed by atoms with Crippen molar-refractivity contribution in [2.24, 2.45) is 23.2 Å². The summed E-state index contributed by atoms with van der Waals surface area (Å²) in [6, 6.07) is 9.21. The molecule has 1 aromatic heterocycles. The van der Waals surface area contributed by atoms with Crippen molar-refractivity contribution in [1.29, 1.82) is 0 Å². The molecule has 0 spiro atoms. The largest absolute Gasteiger partial charge is 0.461 e. The number of amides is 1. The normalized spacial score (nSPS) is 35.3. The minimum atomic E-state index is -0.133. The van der Waals surface area contributed by atoms with E-state index in [9.17, 15) is 9.59 Å². The summed E-state index contributed by atoms with van der Waals surface area (Å²) in [5.74, 6) is 0.619. The minimum absolute atomic E-state index is 0.00528. The van der Waals surface area contributed by atoms with E-state index < -0.39 is 0 Å². The number of nitrogens with zero attached hydrogens (tertiary/aromatic N) is 1. The predicted octanol–water partition coefficient (Wildman–Crippen LogP) is 4.65. The molecule has 1 N–H and O–H groups in total. The number of hydrogen-bond acceptors (Lipinski definition) is 5. The third-order valence-corrected chi connectivity index (χ3v) is 8.40. The Bertz CT molecular complexity index is 972. The number of anilines is 1. The van der Waals surface area contributed by atoms with Gasteiger partial charge in [0.25, 0.3) is 5.91 Å². The van der Waals surface area contributed by atoms with Gasteiger partial charge in [0.1, 0.15) is 6.10 Å². The van der Waals surface area contributed by atoms with Crippen LogP contribution in [-0.2, 0) is 16.0 Å². The first-order valence-electron chi connectivity index (χ1n) is 10.4. The Balaban J connectivity index is 1.44. The minimum Gasteiger partial charge on any atom is -0.461 e. The highest BCUT2D eigenvalue weighted by molar-refractivity contribution is 7.15. The van der Waals surface area contributed by atoms with E-state index in [0.29, 0.717) is 16.6 Å². The highest BCUT2D eigenvalue weighted by Gasteiger charge is 2.58. The van der Waals surface area contributed by atoms with Crippen LogP contribution in [0, 0.1) is 23.2 Å². The van der Waals surface area contributed by atoms with Crippen LogP contribution >= 0.6 is 11.3 Å². The maximum Gasteiger partial charge on any atom is 0.309 e. The van der Waals surface area contributed by atoms with Gasteiger partial charge in [-0.2, -0.15) is 0 Å². The van der Waals surface area contributed by atoms with Crippen LogP contribution in [0.1, 0.15) is 60.5 Å². The summed E-state index contributed by atoms with van der Waals surface area (Å²) >= 11 is 1.59. The Labute approximate surface area is 174 Å². The molecule has 0 radical (unpaired) electrons. The van der Waals surface area contributed by atoms with Crippen LogP contribution in [-0.4, -0.2) is 23.0 Å². The van der Waals surface area contributed by atoms with Gasteiger partial charge in [-0.3, -0.25) is 14.9 Å². The molecule has 0 bridgehead atoms. The molecule has 1 aromatic carbocycles. The molecule has 1 saturated carbocycles. The standard InChI is InChI=1S/C23H26N2O3S/c1-12-15-9-10-23(3)11-16-18(13(2)17(23)19(15)28-21(12)27)24-22(29-16)25-20(26)14-7-5-4-6-8-14/h4-8,12-13,15,17,19H,9-11H2,1-3H3,(H,24,25,26)/t12-,13-,15-,17+,19-,23+/m0/s1. The van der Waals surface area contributed by atoms with Crippen molar-refractivity contribution < 1.29 is 14.3 Å². The van der Waals surface area contributed by atoms with Crippen molar-refractivity contribution >= 4 is 28.3 Å². The molecule has 6 heteroatoms. The Morgan fingerprint density at radius 1 is 1.24 bits per heavy atom. The molecular weight excluding hydrogens is 384 g/mol. The number of fused-ring (bicyclic) bond motifs is 4. The maximum atomic E-state index is 12.5. The maximum absolute atomic E-state index is 12.5. The van der Waals surface area contributed by atoms with Crippen LogP contribution in [0.3, 0.4) is 0 Å². The smallest absolute Gasteiger partial charge is 0.309 e. The lowest BCUT2D eigenvalue weighted by molar-refractivity contribution is -0.149. The van der Waals surface area contributed by atoms with Gasteiger partial charge in [0, 0.05) is 28.2 Å². The number of hydrogen-bond donors (Lipinski definition) is 1. The number of thiazole rings is 1. The van der Waals surface area contributed by atoms with Gasteiger partial charge in [-0.25, -0.2) is 4.98 Å². The summed E-state index contributed by atoms with van der Waals surface area (Å²) in [4.78, 5) is 30.9. The molecule has 0 unspecified atom stereocenters. The van der Waals surface area contributed by atoms with E-state index in [1.807, 2.05) is 25.1 Å². The number of nitrogens with one attached hydrogen (secondary N) is 1. The van der Waals surface area contributed by atoms with Gasteiger partial charge < -0.3 is 4.74 Å². The fraction of sp³-hybridized carbons (Fsp3) is 0.522. The van der Waals surface area contributed by atoms with Crippen molar-refractivity contribution in [3.05, 3.63) is 46.5 Å². The van der Waals surface area contributed by atoms with E-state index in [1.165, 1.54) is 4.88 Å². The zero-order valence-corrected chi connectivity index (χ0v) is 17.8. The second kappa shape index (κ2) is 6.66. The van der Waals surface area contributed by atoms with Crippen LogP contribution < -0.4 is 5.32 Å². The SMILES string of the molecule is C[C@@H]1C(=O)O[C@H]2[C@H]1CC[C@]1(C)Cc3sc(NC(=O)c4ccccc4)nc3[C@@H](C)[C@H]21. The first-order chi connectivity index (χ1) is 13.9. The van der Waals surface area contributed by atoms with Crippen LogP contribution in [0.5, 0.6) is 0 Å². The van der Waals surface area contributed by atoms with E-state index in [0.717, 1.165) is 25.0 Å². The van der Waals surface area contributed by atoms with Gasteiger partial charge >= 0.3 is 5.97 Å². The second-order valence-electron chi connectivity index (χ2n) is 9.19. The van der Waals surface area contributed by atoms with Crippen molar-refractivity contribution in [3.63, 3.8) is 0 Å². The number of ether oxygens (including phenoxy) is 1. The monoisotopic (exact) mass is 410 g/mol. The molecule has 1 aliphatic heterocycles. The molecule has 2 aliphatic carbocycles. The predicted molar refractivity (Wildman–Crippen MR) is 112 cm³/mol. The summed E-state index contributed by atoms with van der Waals surface area (Å²) in [5, 5.41) is 3.63. The van der Waals surface area contributed by atoms with E-state index >= 15 is 0 Å². The molecule has 2 aromatic rings. The second-order valence-corrected chi connectivity index (χ2v) is 10.3. The number of carbonyl (C=O) groups excluding carboxylic acids is 2. The molecule has 5 nitrogen and oxygen atoms in total. The van der Waals surface area contributed by atoms with Crippen LogP contribution in [0.15, 0.2) is 30.3 Å². The average Bonchev–Trinajstić information content (AvgIpc) is 3.22. The first kappa shape index (κ1) is 18.8. The molecule has 5 rings (SSSR count). The lowest BCUT2D eigenvalue weighted by Gasteiger charge is -2.51. The van der Waals surface area contributed by atoms with Gasteiger partial charge in [0.05, 0.1) is 11.6 Å². The van der Waals surface area contributed by atoms with Crippen molar-refractivity contribution in [1.82, 2.24) is 4.98 Å². The Morgan fingerprint density at radius 2 is 2.00 bits per heavy atom. The highest BCUT2D eigenvalue weighted by atomic mass is 32.1. The lowest BCUT2D eigenvalue weighted by atomic mass is 9.54. The zero-order valence-electron chi connectivity index (χ0n) is 17.0. The topological polar surface area (TPSA) is 68.3 Å². The fourth-order valence-electron chi connectivity index (χ4n) is 5.89. The summed E-state index contributed by atoms with van der Waals surface area (Å²) in [5.41, 5.74) is 1.80. The molecule has 152 valence electrons. The summed E-state index contributed by atoms with van der Waals surface area (Å²) in [6.45, 7) is 6.56. The Hall–Kier alpha value is -2.21. The molecule has 6 atom stereocenters. The zero-order chi connectivity index (χ0) is 20.3. The van der Waals surface area contributed by atoms with Crippen LogP contribution in [0.4, 0.5) is 5.13 Å². The van der Waals surface area contributed by atoms with E-state index in [2.05, 4.69) is 19.2 Å². The number of rotatable bonds is 2. The van der Waals surface area contributed by atoms with Gasteiger partial charge in [0.15, 0.2) is 5.13 Å². The van der Waals surface area contributed by atoms with E-state index in [-0.39, 0.29) is 41.1 Å². The third-order valence-electron chi connectivity index (χ3n) is 7.41. The molecule has 1 saturated heterocycles.